The van der Waals surface area contributed by atoms with Crippen molar-refractivity contribution in [2.75, 3.05) is 18.8 Å². The number of aliphatic imine (C=N–C) groups is 1. The smallest absolute Gasteiger partial charge is 0.353 e. The molecular formula is C17H26N4O4S2. The van der Waals surface area contributed by atoms with Gasteiger partial charge >= 0.3 is 5.97 Å². The van der Waals surface area contributed by atoms with E-state index in [9.17, 15) is 19.8 Å². The average Bonchev–Trinajstić information content (AvgIpc) is 3.14. The summed E-state index contributed by atoms with van der Waals surface area (Å²) in [4.78, 5) is 30.3. The molecule has 8 nitrogen and oxygen atoms in total. The highest BCUT2D eigenvalue weighted by Gasteiger charge is 2.60. The van der Waals surface area contributed by atoms with Crippen LogP contribution in [0.2, 0.25) is 0 Å². The lowest BCUT2D eigenvalue weighted by molar-refractivity contribution is -0.163. The number of nitrogens with one attached hydrogen (secondary N) is 1. The van der Waals surface area contributed by atoms with Crippen LogP contribution >= 0.6 is 23.5 Å². The molecule has 0 radical (unpaired) electrons. The molecule has 0 aromatic carbocycles. The van der Waals surface area contributed by atoms with Crippen molar-refractivity contribution in [3.05, 3.63) is 10.6 Å². The van der Waals surface area contributed by atoms with Crippen molar-refractivity contribution in [2.45, 2.75) is 43.0 Å². The maximum Gasteiger partial charge on any atom is 0.353 e. The van der Waals surface area contributed by atoms with Gasteiger partial charge in [0.1, 0.15) is 5.70 Å². The number of aliphatic carboxylic acids is 1. The second-order valence-corrected chi connectivity index (χ2v) is 9.72. The molecule has 5 N–H and O–H groups in total. The SMILES string of the molecule is C[C@@H](O)[C@H]1C(=O)N2C(C(=O)O)=C(S[C@@H]3CN[C@H](SCCN=CN)C3)[C@H](C)[C@H]12. The van der Waals surface area contributed by atoms with Gasteiger partial charge in [-0.05, 0) is 13.3 Å². The normalized spacial score (nSPS) is 34.3. The molecule has 3 heterocycles. The number of β-lactam (4-membered cyclic amide) rings is 1. The van der Waals surface area contributed by atoms with E-state index in [4.69, 9.17) is 5.73 Å². The van der Waals surface area contributed by atoms with Gasteiger partial charge in [0.15, 0.2) is 0 Å². The molecule has 0 aromatic heterocycles. The van der Waals surface area contributed by atoms with Gasteiger partial charge in [-0.1, -0.05) is 6.92 Å². The van der Waals surface area contributed by atoms with Crippen molar-refractivity contribution < 1.29 is 19.8 Å². The molecule has 0 aromatic rings. The van der Waals surface area contributed by atoms with Crippen molar-refractivity contribution in [2.24, 2.45) is 22.6 Å². The monoisotopic (exact) mass is 414 g/mol. The number of rotatable bonds is 8. The lowest BCUT2D eigenvalue weighted by Gasteiger charge is -2.46. The summed E-state index contributed by atoms with van der Waals surface area (Å²) in [6.07, 6.45) is 1.46. The number of carbonyl (C=O) groups excluding carboxylic acids is 1. The van der Waals surface area contributed by atoms with Crippen LogP contribution in [0.4, 0.5) is 0 Å². The molecule has 0 unspecified atom stereocenters. The quantitative estimate of drug-likeness (QED) is 0.193. The molecule has 0 saturated carbocycles. The van der Waals surface area contributed by atoms with Gasteiger partial charge in [-0.25, -0.2) is 4.79 Å². The number of aliphatic hydroxyl groups is 1. The van der Waals surface area contributed by atoms with Crippen LogP contribution in [0.1, 0.15) is 20.3 Å². The molecule has 6 atom stereocenters. The van der Waals surface area contributed by atoms with Gasteiger partial charge in [0, 0.05) is 34.9 Å². The van der Waals surface area contributed by atoms with Gasteiger partial charge in [-0.2, -0.15) is 0 Å². The Morgan fingerprint density at radius 2 is 2.30 bits per heavy atom. The predicted molar refractivity (Wildman–Crippen MR) is 107 cm³/mol. The lowest BCUT2D eigenvalue weighted by atomic mass is 9.79. The summed E-state index contributed by atoms with van der Waals surface area (Å²) in [5.41, 5.74) is 5.34. The Labute approximate surface area is 167 Å². The van der Waals surface area contributed by atoms with E-state index in [0.29, 0.717) is 11.9 Å². The van der Waals surface area contributed by atoms with Gasteiger partial charge < -0.3 is 26.2 Å². The zero-order valence-corrected chi connectivity index (χ0v) is 17.0. The topological polar surface area (TPSA) is 128 Å². The summed E-state index contributed by atoms with van der Waals surface area (Å²) >= 11 is 3.36. The van der Waals surface area contributed by atoms with E-state index < -0.39 is 18.0 Å². The minimum atomic E-state index is -1.07. The van der Waals surface area contributed by atoms with E-state index >= 15 is 0 Å². The van der Waals surface area contributed by atoms with Crippen LogP contribution in [0.25, 0.3) is 0 Å². The fraction of sp³-hybridized carbons (Fsp3) is 0.706. The van der Waals surface area contributed by atoms with E-state index in [0.717, 1.165) is 23.6 Å². The third-order valence-corrected chi connectivity index (χ3v) is 7.99. The highest BCUT2D eigenvalue weighted by atomic mass is 32.2. The number of hydrogen-bond donors (Lipinski definition) is 4. The molecule has 3 rings (SSSR count). The summed E-state index contributed by atoms with van der Waals surface area (Å²) in [5.74, 6) is -1.07. The fourth-order valence-corrected chi connectivity index (χ4v) is 6.74. The second-order valence-electron chi connectivity index (χ2n) is 7.07. The van der Waals surface area contributed by atoms with Gasteiger partial charge in [-0.15, -0.1) is 23.5 Å². The largest absolute Gasteiger partial charge is 0.477 e. The molecule has 2 fully saturated rings. The molecular weight excluding hydrogens is 388 g/mol. The first-order chi connectivity index (χ1) is 12.9. The van der Waals surface area contributed by atoms with Crippen molar-refractivity contribution in [1.82, 2.24) is 10.2 Å². The zero-order chi connectivity index (χ0) is 19.7. The third kappa shape index (κ3) is 3.85. The first-order valence-corrected chi connectivity index (χ1v) is 11.0. The zero-order valence-electron chi connectivity index (χ0n) is 15.4. The number of carbonyl (C=O) groups is 2. The second kappa shape index (κ2) is 8.42. The summed E-state index contributed by atoms with van der Waals surface area (Å²) in [6.45, 7) is 5.03. The molecule has 1 amide bonds. The molecule has 27 heavy (non-hydrogen) atoms. The molecule has 0 spiro atoms. The van der Waals surface area contributed by atoms with Crippen LogP contribution in [0.15, 0.2) is 15.6 Å². The van der Waals surface area contributed by atoms with Crippen LogP contribution in [-0.4, -0.2) is 74.9 Å². The van der Waals surface area contributed by atoms with Crippen LogP contribution < -0.4 is 11.1 Å². The number of fused-ring (bicyclic) bond motifs is 1. The highest BCUT2D eigenvalue weighted by Crippen LogP contribution is 2.52. The van der Waals surface area contributed by atoms with E-state index in [-0.39, 0.29) is 28.8 Å². The van der Waals surface area contributed by atoms with Gasteiger partial charge in [-0.3, -0.25) is 9.79 Å². The molecule has 3 aliphatic rings. The van der Waals surface area contributed by atoms with E-state index in [2.05, 4.69) is 10.3 Å². The Morgan fingerprint density at radius 1 is 1.56 bits per heavy atom. The molecule has 0 bridgehead atoms. The van der Waals surface area contributed by atoms with Crippen LogP contribution in [-0.2, 0) is 9.59 Å². The fourth-order valence-electron chi connectivity index (χ4n) is 4.07. The number of aliphatic hydroxyl groups excluding tert-OH is 1. The van der Waals surface area contributed by atoms with Crippen molar-refractivity contribution in [3.8, 4) is 0 Å². The summed E-state index contributed by atoms with van der Waals surface area (Å²) in [6, 6.07) is -0.250. The van der Waals surface area contributed by atoms with Crippen LogP contribution in [0.5, 0.6) is 0 Å². The average molecular weight is 415 g/mol. The Hall–Kier alpha value is -1.23. The molecule has 10 heteroatoms. The highest BCUT2D eigenvalue weighted by molar-refractivity contribution is 8.04. The number of carboxylic acids is 1. The van der Waals surface area contributed by atoms with E-state index in [1.807, 2.05) is 6.92 Å². The van der Waals surface area contributed by atoms with E-state index in [1.54, 1.807) is 30.4 Å². The first kappa shape index (κ1) is 20.5. The molecule has 0 aliphatic carbocycles. The predicted octanol–water partition coefficient (Wildman–Crippen LogP) is 0.282. The first-order valence-electron chi connectivity index (χ1n) is 9.07. The lowest BCUT2D eigenvalue weighted by Crippen LogP contribution is -2.63. The van der Waals surface area contributed by atoms with Gasteiger partial charge in [0.2, 0.25) is 5.91 Å². The van der Waals surface area contributed by atoms with Crippen molar-refractivity contribution in [3.63, 3.8) is 0 Å². The molecule has 2 saturated heterocycles. The number of thioether (sulfide) groups is 2. The van der Waals surface area contributed by atoms with Gasteiger partial charge in [0.05, 0.1) is 29.8 Å². The van der Waals surface area contributed by atoms with Crippen LogP contribution in [0.3, 0.4) is 0 Å². The maximum atomic E-state index is 12.4. The number of nitrogens with two attached hydrogens (primary N) is 1. The Kier molecular flexibility index (Phi) is 6.39. The number of hydrogen-bond acceptors (Lipinski definition) is 7. The van der Waals surface area contributed by atoms with Gasteiger partial charge in [0.25, 0.3) is 0 Å². The number of amides is 1. The van der Waals surface area contributed by atoms with Crippen molar-refractivity contribution >= 4 is 41.7 Å². The summed E-state index contributed by atoms with van der Waals surface area (Å²) in [7, 11) is 0. The van der Waals surface area contributed by atoms with Crippen LogP contribution in [0, 0.1) is 11.8 Å². The Balaban J connectivity index is 1.66. The third-order valence-electron chi connectivity index (χ3n) is 5.30. The summed E-state index contributed by atoms with van der Waals surface area (Å²) in [5, 5.41) is 23.6. The molecule has 3 aliphatic heterocycles. The minimum Gasteiger partial charge on any atom is -0.477 e. The number of carboxylic acid groups (broad SMARTS) is 1. The minimum absolute atomic E-state index is 0.0796. The molecule has 150 valence electrons. The Bertz CT molecular complexity index is 669. The maximum absolute atomic E-state index is 12.4. The number of nitrogens with zero attached hydrogens (tertiary/aromatic N) is 2. The Morgan fingerprint density at radius 3 is 2.93 bits per heavy atom. The standard InChI is InChI=1S/C17H26N4O4S2/c1-8-13-12(9(2)22)16(23)21(13)14(17(24)25)15(8)27-10-5-11(20-6-10)26-4-3-19-7-18/h7-13,20,22H,3-6H2,1-2H3,(H2,18,19)(H,24,25)/t8-,9-,10+,11-,12-,13-/m1/s1. The van der Waals surface area contributed by atoms with E-state index in [1.165, 1.54) is 11.2 Å². The summed E-state index contributed by atoms with van der Waals surface area (Å²) < 4.78 is 0. The van der Waals surface area contributed by atoms with Crippen molar-refractivity contribution in [1.29, 1.82) is 0 Å².